The third kappa shape index (κ3) is 2.77. The second-order valence-electron chi connectivity index (χ2n) is 4.32. The van der Waals surface area contributed by atoms with Gasteiger partial charge in [-0.05, 0) is 30.7 Å². The van der Waals surface area contributed by atoms with Crippen LogP contribution in [0, 0.1) is 5.92 Å². The Morgan fingerprint density at radius 2 is 2.00 bits per heavy atom. The van der Waals surface area contributed by atoms with Crippen molar-refractivity contribution in [2.24, 2.45) is 11.1 Å². The number of benzene rings is 1. The molecule has 0 aromatic heterocycles. The molecule has 3 N–H and O–H groups in total. The zero-order valence-electron chi connectivity index (χ0n) is 9.41. The van der Waals surface area contributed by atoms with E-state index in [4.69, 9.17) is 10.2 Å². The Morgan fingerprint density at radius 1 is 1.35 bits per heavy atom. The maximum Gasteiger partial charge on any atom is 0.238 e. The van der Waals surface area contributed by atoms with Crippen LogP contribution in [0.4, 0.5) is 5.69 Å². The fourth-order valence-corrected chi connectivity index (χ4v) is 2.58. The Hall–Kier alpha value is -1.11. The zero-order valence-corrected chi connectivity index (χ0v) is 10.2. The van der Waals surface area contributed by atoms with Crippen molar-refractivity contribution in [3.05, 3.63) is 24.3 Å². The van der Waals surface area contributed by atoms with Crippen molar-refractivity contribution >= 4 is 15.7 Å². The molecule has 1 saturated heterocycles. The first-order chi connectivity index (χ1) is 8.00. The molecule has 5 nitrogen and oxygen atoms in total. The summed E-state index contributed by atoms with van der Waals surface area (Å²) in [5, 5.41) is 14.1. The highest BCUT2D eigenvalue weighted by Gasteiger charge is 2.22. The lowest BCUT2D eigenvalue weighted by atomic mass is 10.1. The van der Waals surface area contributed by atoms with Gasteiger partial charge in [0.25, 0.3) is 0 Å². The quantitative estimate of drug-likeness (QED) is 0.806. The summed E-state index contributed by atoms with van der Waals surface area (Å²) in [5.41, 5.74) is 0.966. The highest BCUT2D eigenvalue weighted by Crippen LogP contribution is 2.24. The van der Waals surface area contributed by atoms with Gasteiger partial charge >= 0.3 is 0 Å². The van der Waals surface area contributed by atoms with Crippen molar-refractivity contribution in [1.29, 1.82) is 0 Å². The van der Waals surface area contributed by atoms with Crippen LogP contribution in [0.1, 0.15) is 6.42 Å². The predicted octanol–water partition coefficient (Wildman–Crippen LogP) is 0.153. The van der Waals surface area contributed by atoms with E-state index >= 15 is 0 Å². The molecule has 1 heterocycles. The highest BCUT2D eigenvalue weighted by atomic mass is 32.2. The van der Waals surface area contributed by atoms with Crippen LogP contribution in [-0.2, 0) is 10.0 Å². The summed E-state index contributed by atoms with van der Waals surface area (Å²) < 4.78 is 22.2. The molecule has 1 aliphatic heterocycles. The lowest BCUT2D eigenvalue weighted by Crippen LogP contribution is -2.20. The molecule has 1 fully saturated rings. The summed E-state index contributed by atoms with van der Waals surface area (Å²) in [4.78, 5) is 2.26. The van der Waals surface area contributed by atoms with Gasteiger partial charge in [0, 0.05) is 31.3 Å². The first kappa shape index (κ1) is 12.3. The average molecular weight is 256 g/mol. The summed E-state index contributed by atoms with van der Waals surface area (Å²) in [6.45, 7) is 1.90. The molecule has 1 atom stereocenters. The maximum atomic E-state index is 11.1. The summed E-state index contributed by atoms with van der Waals surface area (Å²) in [6, 6.07) is 6.52. The molecule has 1 aliphatic rings. The fraction of sp³-hybridized carbons (Fsp3) is 0.455. The Morgan fingerprint density at radius 3 is 2.47 bits per heavy atom. The van der Waals surface area contributed by atoms with E-state index in [1.54, 1.807) is 12.1 Å². The number of nitrogens with two attached hydrogens (primary N) is 1. The van der Waals surface area contributed by atoms with Gasteiger partial charge in [0.1, 0.15) is 0 Å². The number of aliphatic hydroxyl groups is 1. The van der Waals surface area contributed by atoms with Crippen LogP contribution in [0.15, 0.2) is 29.2 Å². The lowest BCUT2D eigenvalue weighted by Gasteiger charge is -2.18. The van der Waals surface area contributed by atoms with Crippen LogP contribution >= 0.6 is 0 Å². The van der Waals surface area contributed by atoms with Crippen LogP contribution in [0.3, 0.4) is 0 Å². The third-order valence-corrected chi connectivity index (χ3v) is 4.00. The van der Waals surface area contributed by atoms with E-state index in [0.29, 0.717) is 5.92 Å². The molecule has 17 heavy (non-hydrogen) atoms. The van der Waals surface area contributed by atoms with Crippen LogP contribution in [-0.4, -0.2) is 33.2 Å². The number of rotatable bonds is 3. The molecule has 1 aromatic rings. The summed E-state index contributed by atoms with van der Waals surface area (Å²) >= 11 is 0. The van der Waals surface area contributed by atoms with Crippen molar-refractivity contribution in [2.75, 3.05) is 24.6 Å². The molecule has 2 rings (SSSR count). The van der Waals surface area contributed by atoms with E-state index in [1.807, 2.05) is 0 Å². The molecule has 1 aromatic carbocycles. The van der Waals surface area contributed by atoms with E-state index < -0.39 is 10.0 Å². The third-order valence-electron chi connectivity index (χ3n) is 3.07. The number of aliphatic hydroxyl groups excluding tert-OH is 1. The Kier molecular flexibility index (Phi) is 3.37. The highest BCUT2D eigenvalue weighted by molar-refractivity contribution is 7.89. The number of nitrogens with zero attached hydrogens (tertiary/aromatic N) is 1. The second-order valence-corrected chi connectivity index (χ2v) is 5.88. The van der Waals surface area contributed by atoms with E-state index in [-0.39, 0.29) is 11.5 Å². The summed E-state index contributed by atoms with van der Waals surface area (Å²) in [7, 11) is -3.62. The van der Waals surface area contributed by atoms with Gasteiger partial charge in [0.2, 0.25) is 10.0 Å². The molecule has 0 amide bonds. The van der Waals surface area contributed by atoms with Crippen molar-refractivity contribution in [3.8, 4) is 0 Å². The van der Waals surface area contributed by atoms with Crippen LogP contribution in [0.25, 0.3) is 0 Å². The number of primary sulfonamides is 1. The topological polar surface area (TPSA) is 83.6 Å². The molecule has 6 heteroatoms. The van der Waals surface area contributed by atoms with E-state index in [0.717, 1.165) is 25.2 Å². The Labute approximate surface area is 101 Å². The molecule has 0 saturated carbocycles. The molecular formula is C11H16N2O3S. The average Bonchev–Trinajstić information content (AvgIpc) is 2.76. The number of anilines is 1. The van der Waals surface area contributed by atoms with Gasteiger partial charge in [-0.15, -0.1) is 0 Å². The zero-order chi connectivity index (χ0) is 12.5. The summed E-state index contributed by atoms with van der Waals surface area (Å²) in [6.07, 6.45) is 0.966. The monoisotopic (exact) mass is 256 g/mol. The Balaban J connectivity index is 2.14. The fourth-order valence-electron chi connectivity index (χ4n) is 2.06. The van der Waals surface area contributed by atoms with Crippen LogP contribution in [0.5, 0.6) is 0 Å². The van der Waals surface area contributed by atoms with Gasteiger partial charge in [-0.1, -0.05) is 0 Å². The molecule has 0 aliphatic carbocycles. The molecule has 0 bridgehead atoms. The SMILES string of the molecule is NS(=O)(=O)c1ccc(N2CCC(CO)C2)cc1. The van der Waals surface area contributed by atoms with Crippen molar-refractivity contribution in [1.82, 2.24) is 0 Å². The maximum absolute atomic E-state index is 11.1. The molecular weight excluding hydrogens is 240 g/mol. The normalized spacial score (nSPS) is 20.8. The number of hydrogen-bond donors (Lipinski definition) is 2. The molecule has 0 radical (unpaired) electrons. The standard InChI is InChI=1S/C11H16N2O3S/c12-17(15,16)11-3-1-10(2-4-11)13-6-5-9(7-13)8-14/h1-4,9,14H,5-8H2,(H2,12,15,16). The van der Waals surface area contributed by atoms with Gasteiger partial charge < -0.3 is 10.0 Å². The van der Waals surface area contributed by atoms with Gasteiger partial charge in [-0.25, -0.2) is 13.6 Å². The van der Waals surface area contributed by atoms with Gasteiger partial charge in [0.15, 0.2) is 0 Å². The van der Waals surface area contributed by atoms with Crippen molar-refractivity contribution in [2.45, 2.75) is 11.3 Å². The first-order valence-corrected chi connectivity index (χ1v) is 7.04. The molecule has 0 spiro atoms. The van der Waals surface area contributed by atoms with Crippen molar-refractivity contribution < 1.29 is 13.5 Å². The van der Waals surface area contributed by atoms with E-state index in [9.17, 15) is 8.42 Å². The van der Waals surface area contributed by atoms with Crippen LogP contribution in [0.2, 0.25) is 0 Å². The van der Waals surface area contributed by atoms with E-state index in [1.165, 1.54) is 12.1 Å². The van der Waals surface area contributed by atoms with Gasteiger partial charge in [-0.3, -0.25) is 0 Å². The minimum atomic E-state index is -3.62. The number of hydrogen-bond acceptors (Lipinski definition) is 4. The number of sulfonamides is 1. The smallest absolute Gasteiger partial charge is 0.238 e. The predicted molar refractivity (Wildman–Crippen MR) is 65.2 cm³/mol. The second kappa shape index (κ2) is 4.64. The lowest BCUT2D eigenvalue weighted by molar-refractivity contribution is 0.238. The Bertz CT molecular complexity index is 484. The minimum Gasteiger partial charge on any atom is -0.396 e. The first-order valence-electron chi connectivity index (χ1n) is 5.49. The van der Waals surface area contributed by atoms with Gasteiger partial charge in [-0.2, -0.15) is 0 Å². The molecule has 1 unspecified atom stereocenters. The van der Waals surface area contributed by atoms with E-state index in [2.05, 4.69) is 4.90 Å². The largest absolute Gasteiger partial charge is 0.396 e. The van der Waals surface area contributed by atoms with Crippen molar-refractivity contribution in [3.63, 3.8) is 0 Å². The minimum absolute atomic E-state index is 0.124. The van der Waals surface area contributed by atoms with Crippen LogP contribution < -0.4 is 10.0 Å². The summed E-state index contributed by atoms with van der Waals surface area (Å²) in [5.74, 6) is 0.313. The van der Waals surface area contributed by atoms with Gasteiger partial charge in [0.05, 0.1) is 4.90 Å². The molecule has 94 valence electrons.